The van der Waals surface area contributed by atoms with E-state index in [-0.39, 0.29) is 0 Å². The number of hydrogen-bond donors (Lipinski definition) is 0. The molecular weight excluding hydrogens is 377 g/mol. The van der Waals surface area contributed by atoms with Gasteiger partial charge in [0.25, 0.3) is 0 Å². The quantitative estimate of drug-likeness (QED) is 0.452. The fraction of sp³-hybridized carbons (Fsp3) is 0.889. The number of rotatable bonds is 12. The van der Waals surface area contributed by atoms with Gasteiger partial charge in [-0.05, 0) is 0 Å². The normalized spacial score (nSPS) is 12.3. The zero-order valence-electron chi connectivity index (χ0n) is 15.6. The van der Waals surface area contributed by atoms with E-state index >= 15 is 0 Å². The van der Waals surface area contributed by atoms with E-state index in [0.717, 1.165) is 6.54 Å². The summed E-state index contributed by atoms with van der Waals surface area (Å²) < 4.78 is 8.00. The van der Waals surface area contributed by atoms with E-state index in [1.807, 2.05) is 0 Å². The molecule has 1 heterocycles. The van der Waals surface area contributed by atoms with E-state index in [1.165, 1.54) is 55.5 Å². The van der Waals surface area contributed by atoms with Crippen molar-refractivity contribution in [2.75, 3.05) is 0 Å². The van der Waals surface area contributed by atoms with Crippen LogP contribution in [0, 0.1) is 5.92 Å². The van der Waals surface area contributed by atoms with Gasteiger partial charge in [-0.2, -0.15) is 0 Å². The molecule has 0 radical (unpaired) electrons. The fourth-order valence-electron chi connectivity index (χ4n) is 3.31. The first-order valence-corrected chi connectivity index (χ1v) is 17.0. The summed E-state index contributed by atoms with van der Waals surface area (Å²) in [6.07, 6.45) is 10.4. The molecule has 0 aromatic carbocycles. The molecule has 0 bridgehead atoms. The number of hydrogen-bond acceptors (Lipinski definition) is 2. The van der Waals surface area contributed by atoms with Crippen LogP contribution in [0.3, 0.4) is 0 Å². The van der Waals surface area contributed by atoms with Gasteiger partial charge in [-0.15, -0.1) is 0 Å². The number of unbranched alkanes of at least 4 members (excludes halogenated alkanes) is 3. The van der Waals surface area contributed by atoms with Crippen molar-refractivity contribution in [3.63, 3.8) is 0 Å². The molecule has 0 spiro atoms. The molecular formula is C18H37N3Sn. The van der Waals surface area contributed by atoms with Gasteiger partial charge in [-0.1, -0.05) is 0 Å². The second kappa shape index (κ2) is 10.7. The molecule has 3 nitrogen and oxygen atoms in total. The molecule has 0 aliphatic rings. The standard InChI is InChI=1S/C6H10N3.3C4H9.Sn/c1-6(2)5-9-4-3-7-8-9;3*1-3-4-2;/h4,6H,5H2,1-2H3;3*1,3-4H2,2H3;. The van der Waals surface area contributed by atoms with Crippen LogP contribution in [0.5, 0.6) is 0 Å². The topological polar surface area (TPSA) is 30.7 Å². The predicted molar refractivity (Wildman–Crippen MR) is 99.4 cm³/mol. The molecule has 1 aromatic rings. The van der Waals surface area contributed by atoms with Crippen LogP contribution in [0.1, 0.15) is 73.1 Å². The predicted octanol–water partition coefficient (Wildman–Crippen LogP) is 4.99. The summed E-state index contributed by atoms with van der Waals surface area (Å²) in [5.41, 5.74) is 0. The summed E-state index contributed by atoms with van der Waals surface area (Å²) in [6, 6.07) is 0. The van der Waals surface area contributed by atoms with Crippen LogP contribution in [0.2, 0.25) is 13.3 Å². The van der Waals surface area contributed by atoms with Crippen molar-refractivity contribution in [3.8, 4) is 0 Å². The molecule has 4 heteroatoms. The molecule has 1 aromatic heterocycles. The zero-order valence-corrected chi connectivity index (χ0v) is 18.4. The van der Waals surface area contributed by atoms with Gasteiger partial charge >= 0.3 is 142 Å². The molecule has 0 unspecified atom stereocenters. The third-order valence-corrected chi connectivity index (χ3v) is 19.6. The molecule has 0 saturated carbocycles. The van der Waals surface area contributed by atoms with E-state index in [0.29, 0.717) is 5.92 Å². The van der Waals surface area contributed by atoms with Crippen LogP contribution in [0.4, 0.5) is 0 Å². The average molecular weight is 414 g/mol. The third-order valence-electron chi connectivity index (χ3n) is 4.66. The summed E-state index contributed by atoms with van der Waals surface area (Å²) in [5.74, 6) is 0.640. The minimum atomic E-state index is -2.34. The molecule has 128 valence electrons. The maximum absolute atomic E-state index is 4.71. The Morgan fingerprint density at radius 2 is 1.45 bits per heavy atom. The number of nitrogens with zero attached hydrogens (tertiary/aromatic N) is 3. The molecule has 0 aliphatic carbocycles. The van der Waals surface area contributed by atoms with Gasteiger partial charge < -0.3 is 0 Å². The van der Waals surface area contributed by atoms with E-state index in [2.05, 4.69) is 50.7 Å². The average Bonchev–Trinajstić information content (AvgIpc) is 2.95. The molecule has 0 atom stereocenters. The zero-order chi connectivity index (χ0) is 16.4. The van der Waals surface area contributed by atoms with E-state index in [4.69, 9.17) is 5.10 Å². The second-order valence-electron chi connectivity index (χ2n) is 7.31. The van der Waals surface area contributed by atoms with Gasteiger partial charge in [0.15, 0.2) is 0 Å². The van der Waals surface area contributed by atoms with E-state index < -0.39 is 18.4 Å². The van der Waals surface area contributed by atoms with Crippen LogP contribution in [-0.4, -0.2) is 33.4 Å². The van der Waals surface area contributed by atoms with E-state index in [1.54, 1.807) is 0 Å². The van der Waals surface area contributed by atoms with Crippen LogP contribution in [0.25, 0.3) is 0 Å². The van der Waals surface area contributed by atoms with Crippen LogP contribution in [-0.2, 0) is 6.54 Å². The Bertz CT molecular complexity index is 379. The Labute approximate surface area is 142 Å². The van der Waals surface area contributed by atoms with Crippen LogP contribution in [0.15, 0.2) is 6.20 Å². The Balaban J connectivity index is 2.99. The van der Waals surface area contributed by atoms with Crippen molar-refractivity contribution >= 4 is 22.1 Å². The summed E-state index contributed by atoms with van der Waals surface area (Å²) in [4.78, 5) is 0. The molecule has 22 heavy (non-hydrogen) atoms. The van der Waals surface area contributed by atoms with Gasteiger partial charge in [-0.3, -0.25) is 0 Å². The van der Waals surface area contributed by atoms with Gasteiger partial charge in [0.1, 0.15) is 0 Å². The number of aromatic nitrogens is 3. The SMILES string of the molecule is CCC[CH2][Sn]([CH2]CCC)([CH2]CCC)[c]1cn(CC(C)C)nn1. The molecule has 0 aliphatic heterocycles. The molecule has 0 saturated heterocycles. The minimum absolute atomic E-state index is 0.640. The summed E-state index contributed by atoms with van der Waals surface area (Å²) in [5, 5.41) is 9.17. The summed E-state index contributed by atoms with van der Waals surface area (Å²) in [6.45, 7) is 12.5. The molecule has 0 fully saturated rings. The van der Waals surface area contributed by atoms with Gasteiger partial charge in [0.05, 0.1) is 0 Å². The Hall–Kier alpha value is -0.0613. The van der Waals surface area contributed by atoms with Gasteiger partial charge in [-0.25, -0.2) is 0 Å². The van der Waals surface area contributed by atoms with Crippen LogP contribution < -0.4 is 3.71 Å². The Morgan fingerprint density at radius 3 is 1.86 bits per heavy atom. The van der Waals surface area contributed by atoms with E-state index in [9.17, 15) is 0 Å². The first-order valence-electron chi connectivity index (χ1n) is 9.48. The monoisotopic (exact) mass is 415 g/mol. The van der Waals surface area contributed by atoms with Gasteiger partial charge in [0.2, 0.25) is 0 Å². The molecule has 0 amide bonds. The second-order valence-corrected chi connectivity index (χ2v) is 20.4. The third kappa shape index (κ3) is 6.21. The fourth-order valence-corrected chi connectivity index (χ4v) is 18.4. The Kier molecular flexibility index (Phi) is 9.69. The first-order chi connectivity index (χ1) is 10.6. The van der Waals surface area contributed by atoms with Crippen molar-refractivity contribution in [2.45, 2.75) is 93.0 Å². The van der Waals surface area contributed by atoms with Gasteiger partial charge in [0, 0.05) is 0 Å². The first kappa shape index (κ1) is 20.0. The van der Waals surface area contributed by atoms with Crippen molar-refractivity contribution in [2.24, 2.45) is 5.92 Å². The molecule has 1 rings (SSSR count). The van der Waals surface area contributed by atoms with Crippen molar-refractivity contribution in [1.29, 1.82) is 0 Å². The maximum atomic E-state index is 4.71. The van der Waals surface area contributed by atoms with Crippen molar-refractivity contribution in [1.82, 2.24) is 15.0 Å². The van der Waals surface area contributed by atoms with Crippen molar-refractivity contribution in [3.05, 3.63) is 6.20 Å². The summed E-state index contributed by atoms with van der Waals surface area (Å²) in [7, 11) is 0. The van der Waals surface area contributed by atoms with Crippen LogP contribution >= 0.6 is 0 Å². The summed E-state index contributed by atoms with van der Waals surface area (Å²) >= 11 is -2.34. The molecule has 0 N–H and O–H groups in total. The Morgan fingerprint density at radius 1 is 0.955 bits per heavy atom. The van der Waals surface area contributed by atoms with Crippen molar-refractivity contribution < 1.29 is 0 Å².